The molecule has 0 aliphatic carbocycles. The van der Waals surface area contributed by atoms with E-state index in [2.05, 4.69) is 10.4 Å². The van der Waals surface area contributed by atoms with Crippen LogP contribution in [0.4, 0.5) is 0 Å². The number of ether oxygens (including phenoxy) is 1. The first-order valence-electron chi connectivity index (χ1n) is 7.58. The number of carboxylic acid groups (broad SMARTS) is 1. The van der Waals surface area contributed by atoms with Crippen molar-refractivity contribution in [2.45, 2.75) is 26.8 Å². The fourth-order valence-corrected chi connectivity index (χ4v) is 2.29. The van der Waals surface area contributed by atoms with E-state index in [1.54, 1.807) is 27.2 Å². The lowest BCUT2D eigenvalue weighted by Crippen LogP contribution is -2.44. The van der Waals surface area contributed by atoms with Crippen LogP contribution in [0, 0.1) is 12.8 Å². The van der Waals surface area contributed by atoms with Crippen LogP contribution in [0.25, 0.3) is 5.69 Å². The number of hydrogen-bond acceptors (Lipinski definition) is 4. The van der Waals surface area contributed by atoms with Crippen LogP contribution in [0.1, 0.15) is 29.9 Å². The second kappa shape index (κ2) is 7.16. The first-order chi connectivity index (χ1) is 11.3. The Kier molecular flexibility index (Phi) is 5.23. The molecule has 0 radical (unpaired) electrons. The lowest BCUT2D eigenvalue weighted by Gasteiger charge is -2.17. The molecule has 1 aromatic carbocycles. The standard InChI is InChI=1S/C17H21N3O4/c1-10(2)15(17(22)23)18-16(21)12-7-8-20(19-12)13-9-11(3)5-6-14(13)24-4/h5-10,15H,1-4H3,(H,18,21)(H,22,23)/t15-/m0/s1. The van der Waals surface area contributed by atoms with E-state index in [0.717, 1.165) is 5.56 Å². The topological polar surface area (TPSA) is 93.5 Å². The second-order valence-corrected chi connectivity index (χ2v) is 5.85. The normalized spacial score (nSPS) is 12.0. The molecule has 7 heteroatoms. The highest BCUT2D eigenvalue weighted by atomic mass is 16.5. The van der Waals surface area contributed by atoms with Gasteiger partial charge in [-0.2, -0.15) is 5.10 Å². The number of carbonyl (C=O) groups is 2. The molecule has 0 fully saturated rings. The average Bonchev–Trinajstić information content (AvgIpc) is 3.01. The third-order valence-corrected chi connectivity index (χ3v) is 3.62. The molecule has 1 atom stereocenters. The van der Waals surface area contributed by atoms with E-state index in [1.165, 1.54) is 10.7 Å². The lowest BCUT2D eigenvalue weighted by atomic mass is 10.0. The molecule has 2 rings (SSSR count). The molecule has 0 saturated carbocycles. The van der Waals surface area contributed by atoms with Crippen molar-refractivity contribution in [2.24, 2.45) is 5.92 Å². The van der Waals surface area contributed by atoms with Crippen LogP contribution < -0.4 is 10.1 Å². The molecule has 0 unspecified atom stereocenters. The van der Waals surface area contributed by atoms with Crippen LogP contribution in [0.2, 0.25) is 0 Å². The summed E-state index contributed by atoms with van der Waals surface area (Å²) in [6, 6.07) is 6.21. The summed E-state index contributed by atoms with van der Waals surface area (Å²) in [6.07, 6.45) is 1.64. The van der Waals surface area contributed by atoms with Gasteiger partial charge < -0.3 is 15.2 Å². The van der Waals surface area contributed by atoms with Crippen molar-refractivity contribution in [2.75, 3.05) is 7.11 Å². The number of carbonyl (C=O) groups excluding carboxylic acids is 1. The van der Waals surface area contributed by atoms with Gasteiger partial charge >= 0.3 is 5.97 Å². The molecule has 1 heterocycles. The molecule has 24 heavy (non-hydrogen) atoms. The quantitative estimate of drug-likeness (QED) is 0.845. The number of amides is 1. The van der Waals surface area contributed by atoms with E-state index >= 15 is 0 Å². The van der Waals surface area contributed by atoms with Gasteiger partial charge in [0.05, 0.1) is 7.11 Å². The average molecular weight is 331 g/mol. The van der Waals surface area contributed by atoms with Gasteiger partial charge in [-0.1, -0.05) is 19.9 Å². The van der Waals surface area contributed by atoms with Crippen molar-refractivity contribution in [1.29, 1.82) is 0 Å². The Bertz CT molecular complexity index is 752. The maximum atomic E-state index is 12.2. The minimum Gasteiger partial charge on any atom is -0.494 e. The number of rotatable bonds is 6. The summed E-state index contributed by atoms with van der Waals surface area (Å²) >= 11 is 0. The number of nitrogens with zero attached hydrogens (tertiary/aromatic N) is 2. The van der Waals surface area contributed by atoms with E-state index in [9.17, 15) is 9.59 Å². The first-order valence-corrected chi connectivity index (χ1v) is 7.58. The molecule has 1 aromatic heterocycles. The van der Waals surface area contributed by atoms with Crippen LogP contribution in [0.15, 0.2) is 30.5 Å². The van der Waals surface area contributed by atoms with Gasteiger partial charge in [0.2, 0.25) is 0 Å². The summed E-state index contributed by atoms with van der Waals surface area (Å²) in [5.41, 5.74) is 1.87. The third-order valence-electron chi connectivity index (χ3n) is 3.62. The van der Waals surface area contributed by atoms with Crippen molar-refractivity contribution in [3.05, 3.63) is 41.7 Å². The molecule has 0 aliphatic heterocycles. The fraction of sp³-hybridized carbons (Fsp3) is 0.353. The van der Waals surface area contributed by atoms with E-state index in [4.69, 9.17) is 9.84 Å². The Labute approximate surface area is 140 Å². The summed E-state index contributed by atoms with van der Waals surface area (Å²) in [4.78, 5) is 23.4. The zero-order valence-corrected chi connectivity index (χ0v) is 14.1. The van der Waals surface area contributed by atoms with Crippen molar-refractivity contribution in [3.63, 3.8) is 0 Å². The predicted molar refractivity (Wildman–Crippen MR) is 88.6 cm³/mol. The van der Waals surface area contributed by atoms with Gasteiger partial charge in [0.25, 0.3) is 5.91 Å². The Balaban J connectivity index is 2.26. The largest absolute Gasteiger partial charge is 0.494 e. The first kappa shape index (κ1) is 17.5. The third kappa shape index (κ3) is 3.73. The van der Waals surface area contributed by atoms with E-state index < -0.39 is 17.9 Å². The predicted octanol–water partition coefficient (Wildman–Crippen LogP) is 2.03. The Hall–Kier alpha value is -2.83. The maximum Gasteiger partial charge on any atom is 0.326 e. The van der Waals surface area contributed by atoms with E-state index in [-0.39, 0.29) is 11.6 Å². The number of aliphatic carboxylic acids is 1. The summed E-state index contributed by atoms with van der Waals surface area (Å²) in [5.74, 6) is -1.20. The minimum absolute atomic E-state index is 0.144. The van der Waals surface area contributed by atoms with Gasteiger partial charge in [-0.15, -0.1) is 0 Å². The van der Waals surface area contributed by atoms with Crippen molar-refractivity contribution >= 4 is 11.9 Å². The molecule has 0 aliphatic rings. The van der Waals surface area contributed by atoms with Crippen molar-refractivity contribution < 1.29 is 19.4 Å². The number of carboxylic acids is 1. The number of aromatic nitrogens is 2. The van der Waals surface area contributed by atoms with Crippen LogP contribution in [-0.2, 0) is 4.79 Å². The minimum atomic E-state index is -1.07. The molecule has 2 N–H and O–H groups in total. The Morgan fingerprint density at radius 1 is 1.29 bits per heavy atom. The van der Waals surface area contributed by atoms with E-state index in [0.29, 0.717) is 11.4 Å². The Morgan fingerprint density at radius 2 is 2.00 bits per heavy atom. The number of nitrogens with one attached hydrogen (secondary N) is 1. The zero-order chi connectivity index (χ0) is 17.9. The fourth-order valence-electron chi connectivity index (χ4n) is 2.29. The van der Waals surface area contributed by atoms with Crippen LogP contribution in [-0.4, -0.2) is 39.9 Å². The summed E-state index contributed by atoms with van der Waals surface area (Å²) in [5, 5.41) is 15.9. The highest BCUT2D eigenvalue weighted by Gasteiger charge is 2.25. The highest BCUT2D eigenvalue weighted by molar-refractivity contribution is 5.95. The number of methoxy groups -OCH3 is 1. The SMILES string of the molecule is COc1ccc(C)cc1-n1ccc(C(=O)N[C@H](C(=O)O)C(C)C)n1. The Morgan fingerprint density at radius 3 is 2.58 bits per heavy atom. The van der Waals surface area contributed by atoms with Gasteiger partial charge in [-0.05, 0) is 36.6 Å². The highest BCUT2D eigenvalue weighted by Crippen LogP contribution is 2.23. The zero-order valence-electron chi connectivity index (χ0n) is 14.1. The van der Waals surface area contributed by atoms with Gasteiger partial charge in [0, 0.05) is 6.20 Å². The number of hydrogen-bond donors (Lipinski definition) is 2. The molecule has 7 nitrogen and oxygen atoms in total. The molecule has 0 bridgehead atoms. The monoisotopic (exact) mass is 331 g/mol. The second-order valence-electron chi connectivity index (χ2n) is 5.85. The molecule has 2 aromatic rings. The number of benzene rings is 1. The van der Waals surface area contributed by atoms with Gasteiger partial charge in [0.1, 0.15) is 17.5 Å². The summed E-state index contributed by atoms with van der Waals surface area (Å²) in [7, 11) is 1.56. The summed E-state index contributed by atoms with van der Waals surface area (Å²) < 4.78 is 6.85. The number of aryl methyl sites for hydroxylation is 1. The smallest absolute Gasteiger partial charge is 0.326 e. The van der Waals surface area contributed by atoms with Gasteiger partial charge in [-0.25, -0.2) is 9.48 Å². The molecule has 1 amide bonds. The van der Waals surface area contributed by atoms with Crippen molar-refractivity contribution in [1.82, 2.24) is 15.1 Å². The van der Waals surface area contributed by atoms with E-state index in [1.807, 2.05) is 25.1 Å². The summed E-state index contributed by atoms with van der Waals surface area (Å²) in [6.45, 7) is 5.41. The molecule has 0 spiro atoms. The van der Waals surface area contributed by atoms with Gasteiger partial charge in [-0.3, -0.25) is 4.79 Å². The molecule has 128 valence electrons. The lowest BCUT2D eigenvalue weighted by molar-refractivity contribution is -0.140. The molecular weight excluding hydrogens is 310 g/mol. The van der Waals surface area contributed by atoms with Crippen molar-refractivity contribution in [3.8, 4) is 11.4 Å². The van der Waals surface area contributed by atoms with Crippen LogP contribution >= 0.6 is 0 Å². The molecular formula is C17H21N3O4. The molecule has 0 saturated heterocycles. The van der Waals surface area contributed by atoms with Crippen LogP contribution in [0.3, 0.4) is 0 Å². The maximum absolute atomic E-state index is 12.2. The van der Waals surface area contributed by atoms with Crippen LogP contribution in [0.5, 0.6) is 5.75 Å². The van der Waals surface area contributed by atoms with Gasteiger partial charge in [0.15, 0.2) is 5.69 Å².